The number of esters is 4. The fourth-order valence-corrected chi connectivity index (χ4v) is 11.1. The van der Waals surface area contributed by atoms with Gasteiger partial charge in [0.05, 0.1) is 17.0 Å². The molecule has 4 aromatic carbocycles. The van der Waals surface area contributed by atoms with Crippen molar-refractivity contribution in [3.05, 3.63) is 130 Å². The number of methoxy groups -OCH3 is 1. The van der Waals surface area contributed by atoms with Crippen molar-refractivity contribution in [2.24, 2.45) is 5.11 Å². The molecule has 8 rings (SSSR count). The number of amides is 3. The zero-order valence-corrected chi connectivity index (χ0v) is 52.6. The number of carbonyl (C=O) groups excluding carboxylic acids is 7. The number of alkyl halides is 1. The highest BCUT2D eigenvalue weighted by Gasteiger charge is 2.54. The Hall–Kier alpha value is -9.25. The van der Waals surface area contributed by atoms with E-state index in [4.69, 9.17) is 68.1 Å². The average Bonchev–Trinajstić information content (AvgIpc) is 1.66. The maximum atomic E-state index is 14.7. The molecule has 0 bridgehead atoms. The summed E-state index contributed by atoms with van der Waals surface area (Å²) in [5.74, 6) is -6.83. The SMILES string of the molecule is COCOc1ccc(C(=O)Nc2ccc3nc(C(=O)N4C[C@@H](CCl)c5c4cc(OS(=O)(=O)Oc4cc(C(=O)NC(C)(C)CCOC(C)(C)CCN=[N+]=[N-])ccc4O[C@@H]4O[C@H](COC(C)=O)[C@H](OC(C)=O)[C@H](OC(C)=O)[C@H]4OC(C)=O)c4ccccc54)cn3c2)cc1. The van der Waals surface area contributed by atoms with Crippen molar-refractivity contribution in [1.82, 2.24) is 14.7 Å². The van der Waals surface area contributed by atoms with Gasteiger partial charge in [0, 0.05) is 112 Å². The third-order valence-electron chi connectivity index (χ3n) is 14.3. The third-order valence-corrected chi connectivity index (χ3v) is 15.4. The lowest BCUT2D eigenvalue weighted by molar-refractivity contribution is -0.288. The average molecular weight is 1300 g/mol. The van der Waals surface area contributed by atoms with Gasteiger partial charge >= 0.3 is 34.3 Å². The monoisotopic (exact) mass is 1300 g/mol. The summed E-state index contributed by atoms with van der Waals surface area (Å²) < 4.78 is 93.3. The molecule has 1 fully saturated rings. The first-order valence-electron chi connectivity index (χ1n) is 28.3. The van der Waals surface area contributed by atoms with Gasteiger partial charge in [-0.1, -0.05) is 29.4 Å². The van der Waals surface area contributed by atoms with Gasteiger partial charge in [-0.25, -0.2) is 4.98 Å². The maximum Gasteiger partial charge on any atom is 0.501 e. The number of imidazole rings is 1. The number of hydrogen-bond acceptors (Lipinski definition) is 22. The molecular formula is C61H67ClN8O20S. The Bertz CT molecular complexity index is 3890. The number of aromatic nitrogens is 2. The molecule has 2 N–H and O–H groups in total. The number of anilines is 2. The third kappa shape index (κ3) is 17.4. The summed E-state index contributed by atoms with van der Waals surface area (Å²) in [5.41, 5.74) is 8.79. The predicted octanol–water partition coefficient (Wildman–Crippen LogP) is 8.26. The summed E-state index contributed by atoms with van der Waals surface area (Å²) in [7, 11) is -3.91. The number of ether oxygens (including phenoxy) is 9. The minimum Gasteiger partial charge on any atom is -0.468 e. The molecule has 0 radical (unpaired) electrons. The zero-order chi connectivity index (χ0) is 66.0. The van der Waals surface area contributed by atoms with Crippen LogP contribution < -0.4 is 33.4 Å². The highest BCUT2D eigenvalue weighted by Crippen LogP contribution is 2.47. The van der Waals surface area contributed by atoms with Gasteiger partial charge in [-0.2, -0.15) is 0 Å². The van der Waals surface area contributed by atoms with Crippen LogP contribution in [-0.2, 0) is 62.7 Å². The molecule has 0 saturated carbocycles. The van der Waals surface area contributed by atoms with E-state index in [0.29, 0.717) is 40.0 Å². The molecule has 6 atom stereocenters. The number of benzene rings is 4. The van der Waals surface area contributed by atoms with Crippen molar-refractivity contribution in [3.63, 3.8) is 0 Å². The maximum absolute atomic E-state index is 14.7. The zero-order valence-electron chi connectivity index (χ0n) is 51.0. The Balaban J connectivity index is 1.13. The number of rotatable bonds is 27. The second-order valence-electron chi connectivity index (χ2n) is 22.3. The first-order chi connectivity index (χ1) is 43.2. The molecule has 0 spiro atoms. The van der Waals surface area contributed by atoms with Crippen LogP contribution in [0.5, 0.6) is 23.0 Å². The largest absolute Gasteiger partial charge is 0.501 e. The molecule has 2 aromatic heterocycles. The van der Waals surface area contributed by atoms with Crippen LogP contribution in [-0.4, -0.2) is 147 Å². The van der Waals surface area contributed by atoms with Crippen molar-refractivity contribution in [3.8, 4) is 23.0 Å². The smallest absolute Gasteiger partial charge is 0.468 e. The normalized spacial score (nSPS) is 18.0. The second-order valence-corrected chi connectivity index (χ2v) is 23.7. The van der Waals surface area contributed by atoms with Crippen LogP contribution >= 0.6 is 11.6 Å². The summed E-state index contributed by atoms with van der Waals surface area (Å²) in [6.07, 6.45) is -4.74. The van der Waals surface area contributed by atoms with E-state index in [9.17, 15) is 42.0 Å². The topological polar surface area (TPSA) is 349 Å². The van der Waals surface area contributed by atoms with Crippen LogP contribution in [0.25, 0.3) is 26.9 Å². The summed E-state index contributed by atoms with van der Waals surface area (Å²) >= 11 is 6.62. The van der Waals surface area contributed by atoms with E-state index in [1.165, 1.54) is 30.3 Å². The van der Waals surface area contributed by atoms with Gasteiger partial charge in [0.25, 0.3) is 17.7 Å². The number of fused-ring (bicyclic) bond motifs is 4. The van der Waals surface area contributed by atoms with E-state index in [-0.39, 0.29) is 66.9 Å². The van der Waals surface area contributed by atoms with Gasteiger partial charge < -0.3 is 70.9 Å². The van der Waals surface area contributed by atoms with E-state index in [1.54, 1.807) is 85.1 Å². The molecule has 91 heavy (non-hydrogen) atoms. The van der Waals surface area contributed by atoms with E-state index < -0.39 is 118 Å². The van der Waals surface area contributed by atoms with Crippen molar-refractivity contribution in [2.45, 2.75) is 116 Å². The number of halogens is 1. The number of hydrogen-bond donors (Lipinski definition) is 2. The van der Waals surface area contributed by atoms with Crippen molar-refractivity contribution in [1.29, 1.82) is 0 Å². The van der Waals surface area contributed by atoms with Gasteiger partial charge in [-0.3, -0.25) is 33.6 Å². The standard InChI is InChI=1S/C61H67ClN8O20S/c1-34(71)81-32-50-53(84-35(2)72)54(85-36(3)73)55(86-37(4)74)59(88-50)87-47-20-16-39(57(76)67-60(5,6)23-25-83-61(7,8)22-24-64-68-63)26-49(47)90-91(78,79)89-48-27-46-52(44-13-11-10-12-43(44)48)40(28-62)29-70(46)58(77)45-31-69-30-41(17-21-51(69)66-45)65-56(75)38-14-18-42(19-15-38)82-33-80-9/h10-21,26-27,30-31,40,50,53-55,59H,22-25,28-29,32-33H2,1-9H3,(H,65,75)(H,67,76)/t40-,50-,53+,54+,55-,59-/m1/s1. The predicted molar refractivity (Wildman–Crippen MR) is 325 cm³/mol. The second kappa shape index (κ2) is 29.1. The Kier molecular flexibility index (Phi) is 21.7. The lowest BCUT2D eigenvalue weighted by Crippen LogP contribution is -2.63. The van der Waals surface area contributed by atoms with Gasteiger partial charge in [-0.05, 0) is 112 Å². The molecule has 0 unspecified atom stereocenters. The number of pyridine rings is 1. The molecular weight excluding hydrogens is 1230 g/mol. The highest BCUT2D eigenvalue weighted by molar-refractivity contribution is 7.82. The Labute approximate surface area is 527 Å². The first kappa shape index (κ1) is 67.7. The van der Waals surface area contributed by atoms with Crippen molar-refractivity contribution >= 4 is 91.4 Å². The molecule has 2 aliphatic rings. The Morgan fingerprint density at radius 3 is 2.12 bits per heavy atom. The number of azide groups is 1. The lowest BCUT2D eigenvalue weighted by Gasteiger charge is -2.43. The quantitative estimate of drug-likeness (QED) is 0.00931. The molecule has 484 valence electrons. The van der Waals surface area contributed by atoms with Crippen LogP contribution in [0.15, 0.2) is 102 Å². The number of nitrogens with zero attached hydrogens (tertiary/aromatic N) is 6. The molecule has 30 heteroatoms. The molecule has 3 amide bonds. The summed E-state index contributed by atoms with van der Waals surface area (Å²) in [6, 6.07) is 21.0. The minimum absolute atomic E-state index is 0.0180. The summed E-state index contributed by atoms with van der Waals surface area (Å²) in [4.78, 5) is 101. The number of carbonyl (C=O) groups is 7. The van der Waals surface area contributed by atoms with Crippen LogP contribution in [0.3, 0.4) is 0 Å². The van der Waals surface area contributed by atoms with Gasteiger partial charge in [0.15, 0.2) is 36.2 Å². The first-order valence-corrected chi connectivity index (χ1v) is 30.2. The van der Waals surface area contributed by atoms with E-state index >= 15 is 0 Å². The van der Waals surface area contributed by atoms with E-state index in [0.717, 1.165) is 39.8 Å². The van der Waals surface area contributed by atoms with E-state index in [2.05, 4.69) is 25.6 Å². The van der Waals surface area contributed by atoms with Crippen LogP contribution in [0, 0.1) is 0 Å². The fraction of sp³-hybridized carbons (Fsp3) is 0.410. The van der Waals surface area contributed by atoms with E-state index in [1.807, 2.05) is 13.8 Å². The molecule has 4 heterocycles. The minimum atomic E-state index is -5.40. The highest BCUT2D eigenvalue weighted by atomic mass is 35.5. The van der Waals surface area contributed by atoms with Crippen LogP contribution in [0.1, 0.15) is 111 Å². The molecule has 1 saturated heterocycles. The van der Waals surface area contributed by atoms with Gasteiger partial charge in [-0.15, -0.1) is 20.0 Å². The van der Waals surface area contributed by atoms with Crippen LogP contribution in [0.2, 0.25) is 0 Å². The van der Waals surface area contributed by atoms with Crippen molar-refractivity contribution in [2.75, 3.05) is 56.3 Å². The van der Waals surface area contributed by atoms with Gasteiger partial charge in [0.1, 0.15) is 29.8 Å². The van der Waals surface area contributed by atoms with Crippen molar-refractivity contribution < 1.29 is 93.0 Å². The fourth-order valence-electron chi connectivity index (χ4n) is 10.1. The lowest BCUT2D eigenvalue weighted by atomic mass is 9.95. The molecule has 6 aromatic rings. The Morgan fingerprint density at radius 2 is 1.45 bits per heavy atom. The summed E-state index contributed by atoms with van der Waals surface area (Å²) in [5, 5.41) is 10.0. The molecule has 0 aliphatic carbocycles. The van der Waals surface area contributed by atoms with Crippen LogP contribution in [0.4, 0.5) is 11.4 Å². The molecule has 28 nitrogen and oxygen atoms in total. The summed E-state index contributed by atoms with van der Waals surface area (Å²) in [6.45, 7) is 11.1. The number of nitrogens with one attached hydrogen (secondary N) is 2. The molecule has 2 aliphatic heterocycles. The Morgan fingerprint density at radius 1 is 0.780 bits per heavy atom. The van der Waals surface area contributed by atoms with Gasteiger partial charge in [0.2, 0.25) is 12.4 Å².